The van der Waals surface area contributed by atoms with Gasteiger partial charge in [-0.25, -0.2) is 8.42 Å². The Hall–Kier alpha value is -1.73. The average molecular weight is 424 g/mol. The fourth-order valence-corrected chi connectivity index (χ4v) is 5.40. The molecule has 3 aromatic rings. The molecule has 0 aliphatic carbocycles. The molecule has 0 spiro atoms. The van der Waals surface area contributed by atoms with Crippen LogP contribution in [0.5, 0.6) is 0 Å². The van der Waals surface area contributed by atoms with Crippen LogP contribution in [0.3, 0.4) is 0 Å². The zero-order valence-electron chi connectivity index (χ0n) is 14.7. The van der Waals surface area contributed by atoms with Gasteiger partial charge in [-0.3, -0.25) is 0 Å². The Morgan fingerprint density at radius 2 is 1.74 bits per heavy atom. The molecule has 8 heteroatoms. The van der Waals surface area contributed by atoms with E-state index in [-0.39, 0.29) is 14.9 Å². The highest BCUT2D eigenvalue weighted by Gasteiger charge is 2.25. The third kappa shape index (κ3) is 3.43. The standard InChI is InChI=1S/C19H19Cl2N3O2S/c1-23-7-9-24(10-8-23)17-4-2-3-16-14(17)12-19(22-16)27(25,26)18-11-13(20)5-6-15(18)21/h2-6,11-12,22H,7-10H2,1H3. The highest BCUT2D eigenvalue weighted by Crippen LogP contribution is 2.34. The van der Waals surface area contributed by atoms with E-state index in [4.69, 9.17) is 23.2 Å². The van der Waals surface area contributed by atoms with Gasteiger partial charge < -0.3 is 14.8 Å². The second kappa shape index (κ2) is 7.02. The molecule has 0 unspecified atom stereocenters. The number of piperazine rings is 1. The zero-order valence-corrected chi connectivity index (χ0v) is 17.1. The van der Waals surface area contributed by atoms with Crippen molar-refractivity contribution in [1.82, 2.24) is 9.88 Å². The van der Waals surface area contributed by atoms with Crippen LogP contribution in [0, 0.1) is 0 Å². The minimum Gasteiger partial charge on any atom is -0.368 e. The van der Waals surface area contributed by atoms with Crippen LogP contribution in [-0.2, 0) is 9.84 Å². The van der Waals surface area contributed by atoms with Gasteiger partial charge in [0.15, 0.2) is 0 Å². The van der Waals surface area contributed by atoms with Crippen LogP contribution < -0.4 is 4.90 Å². The van der Waals surface area contributed by atoms with E-state index >= 15 is 0 Å². The molecule has 2 heterocycles. The summed E-state index contributed by atoms with van der Waals surface area (Å²) in [4.78, 5) is 7.62. The molecule has 5 nitrogen and oxygen atoms in total. The molecule has 1 aliphatic rings. The normalized spacial score (nSPS) is 16.2. The number of halogens is 2. The molecule has 0 saturated carbocycles. The summed E-state index contributed by atoms with van der Waals surface area (Å²) < 4.78 is 26.2. The number of H-pyrrole nitrogens is 1. The summed E-state index contributed by atoms with van der Waals surface area (Å²) in [6.45, 7) is 3.76. The number of sulfone groups is 1. The summed E-state index contributed by atoms with van der Waals surface area (Å²) in [7, 11) is -1.70. The number of rotatable bonds is 3. The molecular weight excluding hydrogens is 405 g/mol. The largest absolute Gasteiger partial charge is 0.368 e. The minimum absolute atomic E-state index is 0.00405. The van der Waals surface area contributed by atoms with Crippen LogP contribution >= 0.6 is 23.2 Å². The fourth-order valence-electron chi connectivity index (χ4n) is 3.38. The third-order valence-corrected chi connectivity index (χ3v) is 7.33. The molecule has 0 radical (unpaired) electrons. The number of nitrogens with one attached hydrogen (secondary N) is 1. The maximum Gasteiger partial charge on any atom is 0.223 e. The molecule has 1 N–H and O–H groups in total. The van der Waals surface area contributed by atoms with Crippen molar-refractivity contribution in [2.45, 2.75) is 9.92 Å². The van der Waals surface area contributed by atoms with Gasteiger partial charge in [0, 0.05) is 47.8 Å². The van der Waals surface area contributed by atoms with E-state index in [1.54, 1.807) is 12.1 Å². The van der Waals surface area contributed by atoms with E-state index in [9.17, 15) is 8.42 Å². The first-order valence-corrected chi connectivity index (χ1v) is 10.9. The van der Waals surface area contributed by atoms with E-state index in [0.717, 1.165) is 42.8 Å². The molecule has 0 bridgehead atoms. The van der Waals surface area contributed by atoms with Gasteiger partial charge in [0.2, 0.25) is 9.84 Å². The Kier molecular flexibility index (Phi) is 4.84. The first kappa shape index (κ1) is 18.6. The topological polar surface area (TPSA) is 56.4 Å². The summed E-state index contributed by atoms with van der Waals surface area (Å²) in [6, 6.07) is 12.0. The van der Waals surface area contributed by atoms with Gasteiger partial charge in [-0.15, -0.1) is 0 Å². The minimum atomic E-state index is -3.81. The molecular formula is C19H19Cl2N3O2S. The van der Waals surface area contributed by atoms with Crippen molar-refractivity contribution < 1.29 is 8.42 Å². The number of anilines is 1. The highest BCUT2D eigenvalue weighted by molar-refractivity contribution is 7.91. The molecule has 1 aromatic heterocycles. The second-order valence-electron chi connectivity index (χ2n) is 6.74. The lowest BCUT2D eigenvalue weighted by molar-refractivity contribution is 0.313. The summed E-state index contributed by atoms with van der Waals surface area (Å²) in [5.74, 6) is 0. The quantitative estimate of drug-likeness (QED) is 0.689. The van der Waals surface area contributed by atoms with E-state index < -0.39 is 9.84 Å². The maximum absolute atomic E-state index is 13.1. The first-order chi connectivity index (χ1) is 12.9. The molecule has 1 fully saturated rings. The summed E-state index contributed by atoms with van der Waals surface area (Å²) >= 11 is 12.1. The van der Waals surface area contributed by atoms with E-state index in [1.807, 2.05) is 18.2 Å². The number of nitrogens with zero attached hydrogens (tertiary/aromatic N) is 2. The first-order valence-electron chi connectivity index (χ1n) is 8.61. The molecule has 0 atom stereocenters. The third-order valence-electron chi connectivity index (χ3n) is 4.93. The summed E-state index contributed by atoms with van der Waals surface area (Å²) in [5.41, 5.74) is 1.82. The Morgan fingerprint density at radius 3 is 2.48 bits per heavy atom. The molecule has 2 aromatic carbocycles. The van der Waals surface area contributed by atoms with Crippen molar-refractivity contribution >= 4 is 49.6 Å². The lowest BCUT2D eigenvalue weighted by atomic mass is 10.2. The van der Waals surface area contributed by atoms with Crippen LogP contribution in [0.1, 0.15) is 0 Å². The van der Waals surface area contributed by atoms with Gasteiger partial charge in [-0.2, -0.15) is 0 Å². The van der Waals surface area contributed by atoms with Gasteiger partial charge in [-0.1, -0.05) is 29.3 Å². The van der Waals surface area contributed by atoms with Crippen molar-refractivity contribution in [3.05, 3.63) is 52.5 Å². The van der Waals surface area contributed by atoms with Crippen LogP contribution in [0.25, 0.3) is 10.9 Å². The number of aromatic nitrogens is 1. The van der Waals surface area contributed by atoms with Crippen molar-refractivity contribution in [2.75, 3.05) is 38.1 Å². The predicted octanol–water partition coefficient (Wildman–Crippen LogP) is 4.06. The van der Waals surface area contributed by atoms with E-state index in [1.165, 1.54) is 12.1 Å². The Labute approximate surface area is 168 Å². The number of hydrogen-bond donors (Lipinski definition) is 1. The lowest BCUT2D eigenvalue weighted by Gasteiger charge is -2.34. The monoisotopic (exact) mass is 423 g/mol. The van der Waals surface area contributed by atoms with E-state index in [0.29, 0.717) is 5.02 Å². The van der Waals surface area contributed by atoms with Crippen LogP contribution in [0.15, 0.2) is 52.4 Å². The van der Waals surface area contributed by atoms with Crippen LogP contribution in [0.2, 0.25) is 10.0 Å². The van der Waals surface area contributed by atoms with Crippen molar-refractivity contribution in [3.8, 4) is 0 Å². The number of benzene rings is 2. The molecule has 0 amide bonds. The smallest absolute Gasteiger partial charge is 0.223 e. The van der Waals surface area contributed by atoms with Crippen molar-refractivity contribution in [2.24, 2.45) is 0 Å². The van der Waals surface area contributed by atoms with Crippen molar-refractivity contribution in [1.29, 1.82) is 0 Å². The number of hydrogen-bond acceptors (Lipinski definition) is 4. The van der Waals surface area contributed by atoms with Gasteiger partial charge in [-0.05, 0) is 43.4 Å². The lowest BCUT2D eigenvalue weighted by Crippen LogP contribution is -2.44. The molecule has 1 saturated heterocycles. The Balaban J connectivity index is 1.80. The van der Waals surface area contributed by atoms with Crippen LogP contribution in [0.4, 0.5) is 5.69 Å². The van der Waals surface area contributed by atoms with Crippen LogP contribution in [-0.4, -0.2) is 51.5 Å². The summed E-state index contributed by atoms with van der Waals surface area (Å²) in [6.07, 6.45) is 0. The predicted molar refractivity (Wildman–Crippen MR) is 110 cm³/mol. The van der Waals surface area contributed by atoms with Gasteiger partial charge >= 0.3 is 0 Å². The zero-order chi connectivity index (χ0) is 19.2. The number of aromatic amines is 1. The maximum atomic E-state index is 13.1. The summed E-state index contributed by atoms with van der Waals surface area (Å²) in [5, 5.41) is 1.48. The second-order valence-corrected chi connectivity index (χ2v) is 9.47. The molecule has 27 heavy (non-hydrogen) atoms. The van der Waals surface area contributed by atoms with Gasteiger partial charge in [0.1, 0.15) is 5.03 Å². The number of likely N-dealkylation sites (N-methyl/N-ethyl adjacent to an activating group) is 1. The van der Waals surface area contributed by atoms with E-state index in [2.05, 4.69) is 21.8 Å². The molecule has 4 rings (SSSR count). The Bertz CT molecular complexity index is 1100. The highest BCUT2D eigenvalue weighted by atomic mass is 35.5. The van der Waals surface area contributed by atoms with Gasteiger partial charge in [0.05, 0.1) is 9.92 Å². The molecule has 142 valence electrons. The number of fused-ring (bicyclic) bond motifs is 1. The van der Waals surface area contributed by atoms with Crippen molar-refractivity contribution in [3.63, 3.8) is 0 Å². The Morgan fingerprint density at radius 1 is 1.00 bits per heavy atom. The SMILES string of the molecule is CN1CCN(c2cccc3[nH]c(S(=O)(=O)c4cc(Cl)ccc4Cl)cc23)CC1. The fraction of sp³-hybridized carbons (Fsp3) is 0.263. The van der Waals surface area contributed by atoms with Gasteiger partial charge in [0.25, 0.3) is 0 Å². The molecule has 1 aliphatic heterocycles. The average Bonchev–Trinajstić information content (AvgIpc) is 3.09.